The van der Waals surface area contributed by atoms with Gasteiger partial charge in [-0.2, -0.15) is 0 Å². The van der Waals surface area contributed by atoms with E-state index < -0.39 is 27.2 Å². The van der Waals surface area contributed by atoms with Gasteiger partial charge in [0.05, 0.1) is 16.9 Å². The number of halogens is 1. The molecule has 0 aliphatic heterocycles. The maximum atomic E-state index is 13.0. The SMILES string of the molecule is Cc1ccc(NC(=O)c2cccc(I)c2C(=O)NC(C)(C)CS(C)(=O)=O)c(C)c1. The fourth-order valence-corrected chi connectivity index (χ4v) is 5.28. The minimum absolute atomic E-state index is 0.209. The normalized spacial score (nSPS) is 11.8. The van der Waals surface area contributed by atoms with Gasteiger partial charge in [0, 0.05) is 21.1 Å². The number of aryl methyl sites for hydroxylation is 2. The number of sulfone groups is 1. The van der Waals surface area contributed by atoms with Gasteiger partial charge in [-0.05, 0) is 74.0 Å². The maximum absolute atomic E-state index is 13.0. The highest BCUT2D eigenvalue weighted by molar-refractivity contribution is 14.1. The van der Waals surface area contributed by atoms with Crippen molar-refractivity contribution in [3.63, 3.8) is 0 Å². The molecule has 0 heterocycles. The van der Waals surface area contributed by atoms with E-state index in [-0.39, 0.29) is 16.9 Å². The molecule has 0 spiro atoms. The van der Waals surface area contributed by atoms with Crippen LogP contribution in [0, 0.1) is 17.4 Å². The summed E-state index contributed by atoms with van der Waals surface area (Å²) in [6.07, 6.45) is 1.12. The van der Waals surface area contributed by atoms with E-state index in [0.29, 0.717) is 9.26 Å². The van der Waals surface area contributed by atoms with Crippen molar-refractivity contribution < 1.29 is 18.0 Å². The Morgan fingerprint density at radius 2 is 1.72 bits per heavy atom. The van der Waals surface area contributed by atoms with E-state index in [1.807, 2.05) is 54.6 Å². The van der Waals surface area contributed by atoms with E-state index in [0.717, 1.165) is 17.4 Å². The highest BCUT2D eigenvalue weighted by Gasteiger charge is 2.29. The Morgan fingerprint density at radius 1 is 1.07 bits per heavy atom. The molecule has 29 heavy (non-hydrogen) atoms. The molecule has 0 aromatic heterocycles. The fraction of sp³-hybridized carbons (Fsp3) is 0.333. The molecule has 8 heteroatoms. The van der Waals surface area contributed by atoms with Crippen molar-refractivity contribution in [3.05, 3.63) is 62.2 Å². The lowest BCUT2D eigenvalue weighted by atomic mass is 10.0. The molecular weight excluding hydrogens is 503 g/mol. The molecule has 2 N–H and O–H groups in total. The molecule has 156 valence electrons. The summed E-state index contributed by atoms with van der Waals surface area (Å²) in [5, 5.41) is 5.60. The van der Waals surface area contributed by atoms with Crippen molar-refractivity contribution >= 4 is 49.9 Å². The molecule has 0 aliphatic rings. The highest BCUT2D eigenvalue weighted by atomic mass is 127. The zero-order chi connectivity index (χ0) is 22.0. The van der Waals surface area contributed by atoms with Crippen molar-refractivity contribution in [1.82, 2.24) is 5.32 Å². The van der Waals surface area contributed by atoms with Gasteiger partial charge in [-0.25, -0.2) is 8.42 Å². The average Bonchev–Trinajstić information content (AvgIpc) is 2.54. The van der Waals surface area contributed by atoms with Crippen molar-refractivity contribution in [2.45, 2.75) is 33.2 Å². The summed E-state index contributed by atoms with van der Waals surface area (Å²) in [5.74, 6) is -1.10. The van der Waals surface area contributed by atoms with Crippen molar-refractivity contribution in [2.75, 3.05) is 17.3 Å². The lowest BCUT2D eigenvalue weighted by molar-refractivity contribution is 0.0909. The van der Waals surface area contributed by atoms with E-state index in [4.69, 9.17) is 0 Å². The minimum Gasteiger partial charge on any atom is -0.346 e. The summed E-state index contributed by atoms with van der Waals surface area (Å²) >= 11 is 2.00. The first-order valence-electron chi connectivity index (χ1n) is 8.96. The number of rotatable bonds is 6. The molecule has 0 radical (unpaired) electrons. The standard InChI is InChI=1S/C21H25IN2O4S/c1-13-9-10-17(14(2)11-13)23-19(25)15-7-6-8-16(22)18(15)20(26)24-21(3,4)12-29(5,27)28/h6-11H,12H2,1-5H3,(H,23,25)(H,24,26). The van der Waals surface area contributed by atoms with Crippen LogP contribution in [0.1, 0.15) is 45.7 Å². The van der Waals surface area contributed by atoms with Gasteiger partial charge in [-0.15, -0.1) is 0 Å². The van der Waals surface area contributed by atoms with E-state index in [9.17, 15) is 18.0 Å². The number of nitrogens with one attached hydrogen (secondary N) is 2. The Morgan fingerprint density at radius 3 is 2.31 bits per heavy atom. The first-order chi connectivity index (χ1) is 13.3. The van der Waals surface area contributed by atoms with E-state index in [1.165, 1.54) is 0 Å². The smallest absolute Gasteiger partial charge is 0.256 e. The second-order valence-electron chi connectivity index (χ2n) is 7.84. The van der Waals surface area contributed by atoms with Gasteiger partial charge in [0.25, 0.3) is 11.8 Å². The van der Waals surface area contributed by atoms with Crippen LogP contribution in [0.5, 0.6) is 0 Å². The van der Waals surface area contributed by atoms with Crippen LogP contribution in [0.25, 0.3) is 0 Å². The van der Waals surface area contributed by atoms with E-state index in [2.05, 4.69) is 10.6 Å². The van der Waals surface area contributed by atoms with Crippen LogP contribution in [0.4, 0.5) is 5.69 Å². The molecule has 0 bridgehead atoms. The van der Waals surface area contributed by atoms with Gasteiger partial charge in [0.2, 0.25) is 0 Å². The van der Waals surface area contributed by atoms with E-state index >= 15 is 0 Å². The zero-order valence-corrected chi connectivity index (χ0v) is 20.1. The third kappa shape index (κ3) is 6.53. The Balaban J connectivity index is 2.35. The molecule has 0 fully saturated rings. The zero-order valence-electron chi connectivity index (χ0n) is 17.1. The highest BCUT2D eigenvalue weighted by Crippen LogP contribution is 2.22. The number of benzene rings is 2. The quantitative estimate of drug-likeness (QED) is 0.560. The van der Waals surface area contributed by atoms with Crippen LogP contribution in [0.3, 0.4) is 0 Å². The number of hydrogen-bond acceptors (Lipinski definition) is 4. The predicted octanol–water partition coefficient (Wildman–Crippen LogP) is 3.71. The molecule has 0 unspecified atom stereocenters. The summed E-state index contributed by atoms with van der Waals surface area (Å²) in [4.78, 5) is 25.9. The fourth-order valence-electron chi connectivity index (χ4n) is 3.15. The third-order valence-electron chi connectivity index (χ3n) is 4.19. The van der Waals surface area contributed by atoms with Crippen molar-refractivity contribution in [1.29, 1.82) is 0 Å². The molecule has 6 nitrogen and oxygen atoms in total. The van der Waals surface area contributed by atoms with Gasteiger partial charge in [-0.1, -0.05) is 23.8 Å². The molecule has 0 aliphatic carbocycles. The Labute approximate surface area is 185 Å². The first kappa shape index (κ1) is 23.3. The lowest BCUT2D eigenvalue weighted by Crippen LogP contribution is -2.48. The summed E-state index contributed by atoms with van der Waals surface area (Å²) in [6.45, 7) is 7.14. The summed E-state index contributed by atoms with van der Waals surface area (Å²) in [6, 6.07) is 10.7. The number of carbonyl (C=O) groups is 2. The molecule has 0 atom stereocenters. The molecular formula is C21H25IN2O4S. The Bertz CT molecular complexity index is 1060. The number of anilines is 1. The van der Waals surface area contributed by atoms with Crippen LogP contribution in [-0.2, 0) is 9.84 Å². The van der Waals surface area contributed by atoms with Gasteiger partial charge < -0.3 is 10.6 Å². The summed E-state index contributed by atoms with van der Waals surface area (Å²) in [7, 11) is -3.29. The first-order valence-corrected chi connectivity index (χ1v) is 12.1. The minimum atomic E-state index is -3.29. The maximum Gasteiger partial charge on any atom is 0.256 e. The topological polar surface area (TPSA) is 92.3 Å². The average molecular weight is 528 g/mol. The number of carbonyl (C=O) groups excluding carboxylic acids is 2. The van der Waals surface area contributed by atoms with Gasteiger partial charge in [-0.3, -0.25) is 9.59 Å². The predicted molar refractivity (Wildman–Crippen MR) is 124 cm³/mol. The second-order valence-corrected chi connectivity index (χ2v) is 11.1. The molecule has 2 rings (SSSR count). The monoisotopic (exact) mass is 528 g/mol. The van der Waals surface area contributed by atoms with Gasteiger partial charge in [0.15, 0.2) is 0 Å². The van der Waals surface area contributed by atoms with Crippen molar-refractivity contribution in [3.8, 4) is 0 Å². The van der Waals surface area contributed by atoms with Crippen LogP contribution in [-0.4, -0.2) is 37.8 Å². The Hall–Kier alpha value is -1.94. The van der Waals surface area contributed by atoms with Crippen LogP contribution in [0.2, 0.25) is 0 Å². The van der Waals surface area contributed by atoms with Gasteiger partial charge in [0.1, 0.15) is 9.84 Å². The van der Waals surface area contributed by atoms with E-state index in [1.54, 1.807) is 32.0 Å². The lowest BCUT2D eigenvalue weighted by Gasteiger charge is -2.26. The molecule has 2 aromatic carbocycles. The van der Waals surface area contributed by atoms with Crippen LogP contribution in [0.15, 0.2) is 36.4 Å². The second kappa shape index (κ2) is 8.83. The largest absolute Gasteiger partial charge is 0.346 e. The summed E-state index contributed by atoms with van der Waals surface area (Å²) < 4.78 is 23.9. The molecule has 0 saturated carbocycles. The molecule has 2 aromatic rings. The number of hydrogen-bond donors (Lipinski definition) is 2. The van der Waals surface area contributed by atoms with Crippen LogP contribution >= 0.6 is 22.6 Å². The number of amides is 2. The summed E-state index contributed by atoms with van der Waals surface area (Å²) in [5.41, 5.74) is 2.14. The van der Waals surface area contributed by atoms with Crippen LogP contribution < -0.4 is 10.6 Å². The Kier molecular flexibility index (Phi) is 7.10. The van der Waals surface area contributed by atoms with Crippen molar-refractivity contribution in [2.24, 2.45) is 0 Å². The molecule has 2 amide bonds. The molecule has 0 saturated heterocycles. The third-order valence-corrected chi connectivity index (χ3v) is 6.34. The van der Waals surface area contributed by atoms with Gasteiger partial charge >= 0.3 is 0 Å².